The van der Waals surface area contributed by atoms with Gasteiger partial charge in [0.05, 0.1) is 12.2 Å². The van der Waals surface area contributed by atoms with Crippen LogP contribution >= 0.6 is 31.9 Å². The zero-order chi connectivity index (χ0) is 92.8. The molecule has 0 spiro atoms. The van der Waals surface area contributed by atoms with Crippen molar-refractivity contribution in [3.05, 3.63) is 384 Å². The van der Waals surface area contributed by atoms with Crippen LogP contribution in [0.3, 0.4) is 0 Å². The molecule has 17 rings (SSSR count). The Morgan fingerprint density at radius 1 is 0.406 bits per heavy atom. The number of aliphatic hydroxyl groups excluding tert-OH is 4. The van der Waals surface area contributed by atoms with Crippen molar-refractivity contribution in [1.82, 2.24) is 24.5 Å². The number of allylic oxidation sites excluding steroid dienone is 4. The average molecular weight is 1910 g/mol. The second-order valence-corrected chi connectivity index (χ2v) is 38.2. The Kier molecular flexibility index (Phi) is 36.1. The van der Waals surface area contributed by atoms with Gasteiger partial charge in [-0.15, -0.1) is 0 Å². The lowest BCUT2D eigenvalue weighted by molar-refractivity contribution is 0.0184. The van der Waals surface area contributed by atoms with E-state index in [0.717, 1.165) is 145 Å². The van der Waals surface area contributed by atoms with E-state index in [4.69, 9.17) is 9.84 Å². The number of aromatic nitrogens is 2. The van der Waals surface area contributed by atoms with Gasteiger partial charge in [0.15, 0.2) is 0 Å². The van der Waals surface area contributed by atoms with E-state index < -0.39 is 5.60 Å². The summed E-state index contributed by atoms with van der Waals surface area (Å²) < 4.78 is 9.70. The second kappa shape index (κ2) is 49.1. The van der Waals surface area contributed by atoms with Crippen molar-refractivity contribution in [2.75, 3.05) is 115 Å². The van der Waals surface area contributed by atoms with Gasteiger partial charge in [0.25, 0.3) is 0 Å². The maximum absolute atomic E-state index is 12.5. The minimum absolute atomic E-state index is 0.106. The van der Waals surface area contributed by atoms with Crippen LogP contribution in [0.5, 0.6) is 11.5 Å². The third-order valence-electron chi connectivity index (χ3n) is 26.0. The number of carbonyl (C=O) groups is 1. The number of hydrogen-bond acceptors (Lipinski definition) is 13. The number of halogens is 2. The number of benzene rings is 11. The fourth-order valence-electron chi connectivity index (χ4n) is 18.8. The predicted octanol–water partition coefficient (Wildman–Crippen LogP) is 24.9. The molecule has 1 saturated carbocycles. The number of phenolic OH excluding ortho intramolecular Hbond substituents is 2. The van der Waals surface area contributed by atoms with Gasteiger partial charge < -0.3 is 59.9 Å². The van der Waals surface area contributed by atoms with E-state index in [9.17, 15) is 35.4 Å². The van der Waals surface area contributed by atoms with Gasteiger partial charge in [-0.2, -0.15) is 5.10 Å². The molecule has 0 atom stereocenters. The number of aromatic hydroxyl groups is 2. The molecule has 15 nitrogen and oxygen atoms in total. The fourth-order valence-corrected chi connectivity index (χ4v) is 19.3. The summed E-state index contributed by atoms with van der Waals surface area (Å²) in [5.41, 5.74) is 28.5. The Morgan fingerprint density at radius 3 is 1.19 bits per heavy atom. The van der Waals surface area contributed by atoms with Crippen LogP contribution in [0.1, 0.15) is 207 Å². The molecule has 1 aromatic heterocycles. The molecule has 0 radical (unpaired) electrons. The highest BCUT2D eigenvalue weighted by Gasteiger charge is 2.31. The lowest BCUT2D eigenvalue weighted by Crippen LogP contribution is -2.44. The van der Waals surface area contributed by atoms with Crippen molar-refractivity contribution in [1.29, 1.82) is 0 Å². The van der Waals surface area contributed by atoms with Gasteiger partial charge in [0.2, 0.25) is 0 Å². The van der Waals surface area contributed by atoms with Gasteiger partial charge in [0.1, 0.15) is 17.1 Å². The van der Waals surface area contributed by atoms with E-state index in [0.29, 0.717) is 32.4 Å². The van der Waals surface area contributed by atoms with Crippen LogP contribution in [0.4, 0.5) is 16.2 Å². The van der Waals surface area contributed by atoms with Crippen LogP contribution in [0.15, 0.2) is 306 Å². The third kappa shape index (κ3) is 27.1. The molecule has 6 N–H and O–H groups in total. The summed E-state index contributed by atoms with van der Waals surface area (Å²) in [5, 5.41) is 62.9. The summed E-state index contributed by atoms with van der Waals surface area (Å²) in [7, 11) is 2.19. The van der Waals surface area contributed by atoms with Crippen molar-refractivity contribution in [3.8, 4) is 11.5 Å². The molecule has 17 heteroatoms. The summed E-state index contributed by atoms with van der Waals surface area (Å²) in [6.45, 7) is 17.7. The number of amides is 1. The Hall–Kier alpha value is -11.2. The van der Waals surface area contributed by atoms with E-state index in [1.54, 1.807) is 29.2 Å². The molecule has 4 fully saturated rings. The number of likely N-dealkylation sites (N-methyl/N-ethyl adjacent to an activating group) is 1. The van der Waals surface area contributed by atoms with Crippen molar-refractivity contribution < 1.29 is 40.2 Å². The third-order valence-corrected chi connectivity index (χ3v) is 27.1. The number of fused-ring (bicyclic) bond motifs is 1. The topological polar surface area (TPSA) is 182 Å². The van der Waals surface area contributed by atoms with Crippen LogP contribution in [-0.2, 0) is 11.2 Å². The number of ether oxygens (including phenoxy) is 1. The maximum atomic E-state index is 12.5. The molecule has 692 valence electrons. The van der Waals surface area contributed by atoms with Gasteiger partial charge >= 0.3 is 6.09 Å². The van der Waals surface area contributed by atoms with E-state index in [-0.39, 0.29) is 50.1 Å². The normalized spacial score (nSPS) is 15.6. The van der Waals surface area contributed by atoms with Gasteiger partial charge in [-0.05, 0) is 333 Å². The second-order valence-electron chi connectivity index (χ2n) is 36.4. The smallest absolute Gasteiger partial charge is 0.410 e. The van der Waals surface area contributed by atoms with Crippen molar-refractivity contribution >= 4 is 93.9 Å². The fraction of sp³-hybridized carbons (Fsp3) is 0.328. The summed E-state index contributed by atoms with van der Waals surface area (Å²) in [4.78, 5) is 24.2. The highest BCUT2D eigenvalue weighted by molar-refractivity contribution is 9.10. The molecule has 133 heavy (non-hydrogen) atoms. The number of nitrogens with zero attached hydrogens (tertiary/aromatic N) is 7. The number of hydrogen-bond donors (Lipinski definition) is 6. The minimum Gasteiger partial charge on any atom is -0.508 e. The number of rotatable bonds is 30. The lowest BCUT2D eigenvalue weighted by Gasteiger charge is -2.34. The molecule has 4 aliphatic heterocycles. The lowest BCUT2D eigenvalue weighted by atomic mass is 9.79. The molecule has 12 aromatic rings. The largest absolute Gasteiger partial charge is 0.508 e. The first kappa shape index (κ1) is 97.8. The van der Waals surface area contributed by atoms with Crippen LogP contribution in [0.2, 0.25) is 0 Å². The van der Waals surface area contributed by atoms with Crippen molar-refractivity contribution in [3.63, 3.8) is 0 Å². The highest BCUT2D eigenvalue weighted by atomic mass is 79.9. The summed E-state index contributed by atoms with van der Waals surface area (Å²) >= 11 is 7.14. The molecule has 1 aliphatic carbocycles. The summed E-state index contributed by atoms with van der Waals surface area (Å²) in [6, 6.07) is 99.1. The van der Waals surface area contributed by atoms with Crippen LogP contribution in [0.25, 0.3) is 44.6 Å². The highest BCUT2D eigenvalue weighted by Crippen LogP contribution is 2.44. The zero-order valence-electron chi connectivity index (χ0n) is 77.8. The molecular formula is C116H131Br2N7O8. The monoisotopic (exact) mass is 1910 g/mol. The van der Waals surface area contributed by atoms with E-state index in [2.05, 4.69) is 277 Å². The van der Waals surface area contributed by atoms with Crippen LogP contribution in [-0.4, -0.2) is 172 Å². The number of piperidine rings is 1. The van der Waals surface area contributed by atoms with Gasteiger partial charge in [0, 0.05) is 117 Å². The van der Waals surface area contributed by atoms with E-state index in [1.165, 1.54) is 146 Å². The van der Waals surface area contributed by atoms with Crippen LogP contribution in [0, 0.1) is 0 Å². The molecular weight excluding hydrogens is 1780 g/mol. The molecule has 5 heterocycles. The molecule has 1 amide bonds. The summed E-state index contributed by atoms with van der Waals surface area (Å²) in [5.74, 6) is 1.23. The zero-order valence-corrected chi connectivity index (χ0v) is 80.9. The first-order valence-electron chi connectivity index (χ1n) is 47.8. The molecule has 3 saturated heterocycles. The molecule has 5 aliphatic rings. The number of phenols is 2. The number of piperazine rings is 1. The Bertz CT molecular complexity index is 5760. The number of carbonyl (C=O) groups excluding carboxylic acids is 1. The standard InChI is InChI=1S/C31H36N2O2.C30H37N3O4.C28H31BrN2O.C27H27BrO/c34-22-6-9-29(24-7-2-1-3-8-24)31(25-10-13-28(35)14-11-25)27-12-15-30-26(23-27)16-19-33(30)21-20-32-17-4-5-18-32;1-30(2,3)37-29(36)32-17-15-25(16-18-32)33-21-24(20-31-33)28(23-11-13-26(35)14-12-23)27(10-7-19-34)22-8-5-4-6-9-22;1-30-17-19-31(20-18-30)26-15-11-24(12-16-26)28(23-9-13-25(29)14-10-23)27(8-5-21-32)22-6-3-2-4-7-22;28-25-17-15-24(16-18-25)27(23-13-11-21(12-14-23)20-8-4-9-20)26(10-5-19-29)22-6-2-1-3-7-22/h1-3,7-8,10-15,23,34-35H,4-6,9,16-22H2;4-6,8-9,11-14,20-21,25,34-35H,7,10,15-19H2,1-3H3;2-4,6-7,9-16,32H,5,8,17-21H2,1H3;1-3,6-7,11-18,20,29H,4-5,8-10,19H2/b31-29-;2*28-27-;27-26+. The molecule has 11 aromatic carbocycles. The Morgan fingerprint density at radius 2 is 0.789 bits per heavy atom. The first-order chi connectivity index (χ1) is 64.9. The van der Waals surface area contributed by atoms with Crippen LogP contribution < -0.4 is 9.80 Å². The first-order valence-corrected chi connectivity index (χ1v) is 49.4. The maximum Gasteiger partial charge on any atom is 0.410 e. The van der Waals surface area contributed by atoms with Gasteiger partial charge in [-0.25, -0.2) is 4.79 Å². The Labute approximate surface area is 805 Å². The summed E-state index contributed by atoms with van der Waals surface area (Å²) in [6.07, 6.45) is 19.1. The Balaban J connectivity index is 0.000000143. The van der Waals surface area contributed by atoms with Crippen molar-refractivity contribution in [2.45, 2.75) is 141 Å². The van der Waals surface area contributed by atoms with Crippen molar-refractivity contribution in [2.24, 2.45) is 0 Å². The molecule has 0 unspecified atom stereocenters. The number of likely N-dealkylation sites (tertiary alicyclic amines) is 2. The quantitative estimate of drug-likeness (QED) is 0.0234. The average Bonchev–Trinajstić information content (AvgIpc) is 1.77. The molecule has 0 bridgehead atoms. The van der Waals surface area contributed by atoms with E-state index >= 15 is 0 Å². The number of anilines is 2. The predicted molar refractivity (Wildman–Crippen MR) is 555 cm³/mol. The minimum atomic E-state index is -0.506. The van der Waals surface area contributed by atoms with E-state index in [1.807, 2.05) is 80.2 Å². The van der Waals surface area contributed by atoms with Gasteiger partial charge in [-0.3, -0.25) is 4.68 Å². The van der Waals surface area contributed by atoms with Gasteiger partial charge in [-0.1, -0.05) is 251 Å². The number of aliphatic hydroxyl groups is 4. The SMILES string of the molecule is CC(C)(C)OC(=O)N1CCC(n2cc(/C(=C(/CCCO)c3ccccc3)c3ccc(O)cc3)cn2)CC1.CN1CCN(c2ccc(/C(=C(/CCCO)c3ccccc3)c3ccc(Br)cc3)cc2)CC1.OCCC/C(=C(\c1ccc(Br)cc1)c1ccc(C2CCC2)cc1)c1ccccc1.OCCC/C(=C(\c1ccc(O)cc1)c1ccc2c(c1)CCN2CCN1CCCC1)c1ccccc1.